The van der Waals surface area contributed by atoms with Gasteiger partial charge in [0.2, 0.25) is 0 Å². The predicted molar refractivity (Wildman–Crippen MR) is 66.3 cm³/mol. The number of rotatable bonds is 5. The van der Waals surface area contributed by atoms with E-state index in [0.29, 0.717) is 12.0 Å². The third-order valence-corrected chi connectivity index (χ3v) is 5.20. The number of hydrogen-bond donors (Lipinski definition) is 2. The van der Waals surface area contributed by atoms with Gasteiger partial charge in [0.15, 0.2) is 0 Å². The van der Waals surface area contributed by atoms with Crippen LogP contribution in [0.2, 0.25) is 0 Å². The molecule has 0 radical (unpaired) electrons. The highest BCUT2D eigenvalue weighted by Gasteiger charge is 2.36. The Kier molecular flexibility index (Phi) is 4.35. The lowest BCUT2D eigenvalue weighted by Crippen LogP contribution is -2.45. The van der Waals surface area contributed by atoms with Gasteiger partial charge in [-0.3, -0.25) is 0 Å². The summed E-state index contributed by atoms with van der Waals surface area (Å²) >= 11 is 2.08. The highest BCUT2D eigenvalue weighted by atomic mass is 32.2. The molecule has 0 spiro atoms. The third-order valence-electron chi connectivity index (χ3n) is 3.98. The quantitative estimate of drug-likeness (QED) is 0.756. The van der Waals surface area contributed by atoms with Crippen molar-refractivity contribution in [1.29, 1.82) is 0 Å². The lowest BCUT2D eigenvalue weighted by atomic mass is 9.66. The average Bonchev–Trinajstić information content (AvgIpc) is 2.23. The van der Waals surface area contributed by atoms with Crippen molar-refractivity contribution in [2.75, 3.05) is 24.7 Å². The van der Waals surface area contributed by atoms with E-state index >= 15 is 0 Å². The summed E-state index contributed by atoms with van der Waals surface area (Å²) in [6, 6.07) is 0.736. The molecule has 1 aliphatic carbocycles. The molecule has 1 saturated carbocycles. The second-order valence-corrected chi connectivity index (χ2v) is 6.27. The largest absolute Gasteiger partial charge is 0.396 e. The van der Waals surface area contributed by atoms with Crippen LogP contribution in [0.3, 0.4) is 0 Å². The first-order chi connectivity index (χ1) is 7.35. The van der Waals surface area contributed by atoms with Crippen LogP contribution in [0.15, 0.2) is 0 Å². The maximum Gasteiger partial charge on any atom is 0.0436 e. The summed E-state index contributed by atoms with van der Waals surface area (Å²) in [6.07, 6.45) is 7.72. The van der Waals surface area contributed by atoms with Gasteiger partial charge in [0.1, 0.15) is 0 Å². The first-order valence-electron chi connectivity index (χ1n) is 6.27. The van der Waals surface area contributed by atoms with Gasteiger partial charge in [-0.05, 0) is 43.3 Å². The molecule has 2 aliphatic rings. The molecule has 0 bridgehead atoms. The second-order valence-electron chi connectivity index (χ2n) is 5.12. The molecule has 1 heterocycles. The van der Waals surface area contributed by atoms with Crippen LogP contribution in [-0.4, -0.2) is 35.8 Å². The molecule has 2 N–H and O–H groups in total. The predicted octanol–water partition coefficient (Wildman–Crippen LogP) is 2.02. The van der Waals surface area contributed by atoms with Crippen LogP contribution in [0.1, 0.15) is 38.5 Å². The molecule has 3 heteroatoms. The van der Waals surface area contributed by atoms with Crippen molar-refractivity contribution in [3.63, 3.8) is 0 Å². The van der Waals surface area contributed by atoms with Crippen LogP contribution in [0.5, 0.6) is 0 Å². The van der Waals surface area contributed by atoms with Crippen molar-refractivity contribution in [2.45, 2.75) is 44.6 Å². The van der Waals surface area contributed by atoms with E-state index in [-0.39, 0.29) is 0 Å². The first kappa shape index (κ1) is 11.7. The summed E-state index contributed by atoms with van der Waals surface area (Å²) in [5, 5.41) is 12.8. The Labute approximate surface area is 97.2 Å². The molecule has 0 amide bonds. The fraction of sp³-hybridized carbons (Fsp3) is 1.00. The molecule has 1 atom stereocenters. The molecule has 1 aliphatic heterocycles. The SMILES string of the molecule is OCCC1(CNC2CCCSC2)CCC1. The molecule has 1 unspecified atom stereocenters. The lowest BCUT2D eigenvalue weighted by Gasteiger charge is -2.43. The van der Waals surface area contributed by atoms with Gasteiger partial charge < -0.3 is 10.4 Å². The summed E-state index contributed by atoms with van der Waals surface area (Å²) < 4.78 is 0. The van der Waals surface area contributed by atoms with E-state index < -0.39 is 0 Å². The van der Waals surface area contributed by atoms with Crippen molar-refractivity contribution >= 4 is 11.8 Å². The maximum atomic E-state index is 9.07. The van der Waals surface area contributed by atoms with Crippen LogP contribution in [0.25, 0.3) is 0 Å². The van der Waals surface area contributed by atoms with Crippen LogP contribution in [0.4, 0.5) is 0 Å². The van der Waals surface area contributed by atoms with E-state index in [1.54, 1.807) is 0 Å². The van der Waals surface area contributed by atoms with E-state index in [1.807, 2.05) is 0 Å². The Balaban J connectivity index is 1.70. The number of thioether (sulfide) groups is 1. The summed E-state index contributed by atoms with van der Waals surface area (Å²) in [7, 11) is 0. The minimum absolute atomic E-state index is 0.362. The van der Waals surface area contributed by atoms with Crippen LogP contribution in [0, 0.1) is 5.41 Å². The molecule has 2 nitrogen and oxygen atoms in total. The molecular formula is C12H23NOS. The minimum Gasteiger partial charge on any atom is -0.396 e. The van der Waals surface area contributed by atoms with Crippen molar-refractivity contribution < 1.29 is 5.11 Å². The van der Waals surface area contributed by atoms with Gasteiger partial charge in [-0.25, -0.2) is 0 Å². The molecule has 15 heavy (non-hydrogen) atoms. The van der Waals surface area contributed by atoms with Crippen molar-refractivity contribution in [2.24, 2.45) is 5.41 Å². The summed E-state index contributed by atoms with van der Waals surface area (Å²) in [5.74, 6) is 2.63. The van der Waals surface area contributed by atoms with Gasteiger partial charge in [-0.1, -0.05) is 6.42 Å². The third kappa shape index (κ3) is 3.11. The van der Waals surface area contributed by atoms with Gasteiger partial charge in [0.05, 0.1) is 0 Å². The number of nitrogens with one attached hydrogen (secondary N) is 1. The number of aliphatic hydroxyl groups excluding tert-OH is 1. The Hall–Kier alpha value is 0.270. The van der Waals surface area contributed by atoms with Crippen LogP contribution in [-0.2, 0) is 0 Å². The fourth-order valence-electron chi connectivity index (χ4n) is 2.69. The highest BCUT2D eigenvalue weighted by molar-refractivity contribution is 7.99. The molecule has 0 aromatic heterocycles. The van der Waals surface area contributed by atoms with Crippen molar-refractivity contribution in [3.05, 3.63) is 0 Å². The fourth-order valence-corrected chi connectivity index (χ4v) is 3.80. The topological polar surface area (TPSA) is 32.3 Å². The second kappa shape index (κ2) is 5.55. The Morgan fingerprint density at radius 1 is 1.33 bits per heavy atom. The van der Waals surface area contributed by atoms with E-state index in [0.717, 1.165) is 19.0 Å². The van der Waals surface area contributed by atoms with Crippen molar-refractivity contribution in [3.8, 4) is 0 Å². The monoisotopic (exact) mass is 229 g/mol. The molecular weight excluding hydrogens is 206 g/mol. The van der Waals surface area contributed by atoms with Gasteiger partial charge in [-0.2, -0.15) is 11.8 Å². The first-order valence-corrected chi connectivity index (χ1v) is 7.42. The smallest absolute Gasteiger partial charge is 0.0436 e. The Bertz CT molecular complexity index is 188. The average molecular weight is 229 g/mol. The minimum atomic E-state index is 0.362. The zero-order valence-electron chi connectivity index (χ0n) is 9.50. The number of aliphatic hydroxyl groups is 1. The number of hydrogen-bond acceptors (Lipinski definition) is 3. The van der Waals surface area contributed by atoms with E-state index in [1.165, 1.54) is 43.6 Å². The van der Waals surface area contributed by atoms with Crippen LogP contribution >= 0.6 is 11.8 Å². The molecule has 2 rings (SSSR count). The van der Waals surface area contributed by atoms with E-state index in [9.17, 15) is 0 Å². The molecule has 88 valence electrons. The molecule has 2 fully saturated rings. The normalized spacial score (nSPS) is 29.8. The Morgan fingerprint density at radius 2 is 2.20 bits per heavy atom. The van der Waals surface area contributed by atoms with Crippen LogP contribution < -0.4 is 5.32 Å². The van der Waals surface area contributed by atoms with Gasteiger partial charge in [-0.15, -0.1) is 0 Å². The summed E-state index contributed by atoms with van der Waals surface area (Å²) in [5.41, 5.74) is 0.455. The zero-order valence-corrected chi connectivity index (χ0v) is 10.3. The molecule has 1 saturated heterocycles. The van der Waals surface area contributed by atoms with E-state index in [4.69, 9.17) is 5.11 Å². The summed E-state index contributed by atoms with van der Waals surface area (Å²) in [6.45, 7) is 1.50. The summed E-state index contributed by atoms with van der Waals surface area (Å²) in [4.78, 5) is 0. The van der Waals surface area contributed by atoms with Crippen molar-refractivity contribution in [1.82, 2.24) is 5.32 Å². The molecule has 0 aromatic carbocycles. The lowest BCUT2D eigenvalue weighted by molar-refractivity contribution is 0.0830. The zero-order chi connectivity index (χ0) is 10.6. The van der Waals surface area contributed by atoms with Gasteiger partial charge in [0.25, 0.3) is 0 Å². The van der Waals surface area contributed by atoms with E-state index in [2.05, 4.69) is 17.1 Å². The van der Waals surface area contributed by atoms with Gasteiger partial charge >= 0.3 is 0 Å². The highest BCUT2D eigenvalue weighted by Crippen LogP contribution is 2.43. The standard InChI is InChI=1S/C12H23NOS/c14-7-6-12(4-2-5-12)10-13-11-3-1-8-15-9-11/h11,13-14H,1-10H2. The maximum absolute atomic E-state index is 9.07. The van der Waals surface area contributed by atoms with Gasteiger partial charge in [0, 0.05) is 24.9 Å². The molecule has 0 aromatic rings. The Morgan fingerprint density at radius 3 is 2.73 bits per heavy atom.